The molecule has 1 aliphatic rings. The topological polar surface area (TPSA) is 78.5 Å². The number of sulfonamides is 1. The van der Waals surface area contributed by atoms with Gasteiger partial charge in [0.25, 0.3) is 15.9 Å². The number of rotatable bonds is 7. The summed E-state index contributed by atoms with van der Waals surface area (Å²) in [5, 5.41) is 3.55. The van der Waals surface area contributed by atoms with Crippen LogP contribution in [0.4, 0.5) is 5.69 Å². The van der Waals surface area contributed by atoms with E-state index in [2.05, 4.69) is 21.9 Å². The van der Waals surface area contributed by atoms with E-state index in [0.717, 1.165) is 38.9 Å². The van der Waals surface area contributed by atoms with Crippen LogP contribution in [0.5, 0.6) is 0 Å². The van der Waals surface area contributed by atoms with Crippen LogP contribution in [0, 0.1) is 0 Å². The summed E-state index contributed by atoms with van der Waals surface area (Å²) >= 11 is 12.0. The van der Waals surface area contributed by atoms with Crippen LogP contribution in [0.25, 0.3) is 0 Å². The molecule has 0 aromatic heterocycles. The van der Waals surface area contributed by atoms with Gasteiger partial charge in [0.2, 0.25) is 0 Å². The standard InChI is InChI=1S/C21H25Cl2N3O3S/c1-2-11-26-12-9-17(10-13-26)24-21(27)15-3-8-19(23)20(14-15)30(28,29)25-18-6-4-16(22)5-7-18/h3-8,14,17,25H,2,9-13H2,1H3,(H,24,27). The number of nitrogens with one attached hydrogen (secondary N) is 2. The van der Waals surface area contributed by atoms with Crippen molar-refractivity contribution in [1.82, 2.24) is 10.2 Å². The van der Waals surface area contributed by atoms with Gasteiger partial charge in [0.15, 0.2) is 0 Å². The minimum absolute atomic E-state index is 0.0425. The Bertz CT molecular complexity index is 989. The van der Waals surface area contributed by atoms with Gasteiger partial charge in [-0.2, -0.15) is 0 Å². The number of carbonyl (C=O) groups excluding carboxylic acids is 1. The van der Waals surface area contributed by atoms with Crippen LogP contribution in [-0.4, -0.2) is 44.9 Å². The average molecular weight is 470 g/mol. The summed E-state index contributed by atoms with van der Waals surface area (Å²) in [4.78, 5) is 14.9. The lowest BCUT2D eigenvalue weighted by atomic mass is 10.0. The van der Waals surface area contributed by atoms with Gasteiger partial charge in [-0.15, -0.1) is 0 Å². The monoisotopic (exact) mass is 469 g/mol. The average Bonchev–Trinajstić information content (AvgIpc) is 2.71. The summed E-state index contributed by atoms with van der Waals surface area (Å²) in [6.07, 6.45) is 2.87. The molecule has 0 radical (unpaired) electrons. The molecule has 162 valence electrons. The number of hydrogen-bond acceptors (Lipinski definition) is 4. The molecule has 30 heavy (non-hydrogen) atoms. The summed E-state index contributed by atoms with van der Waals surface area (Å²) in [5.74, 6) is -0.302. The Morgan fingerprint density at radius 2 is 1.77 bits per heavy atom. The number of likely N-dealkylation sites (tertiary alicyclic amines) is 1. The Labute approximate surface area is 187 Å². The number of anilines is 1. The molecule has 1 aliphatic heterocycles. The van der Waals surface area contributed by atoms with Crippen molar-refractivity contribution in [2.45, 2.75) is 37.1 Å². The first-order valence-electron chi connectivity index (χ1n) is 9.89. The van der Waals surface area contributed by atoms with Crippen LogP contribution in [0.3, 0.4) is 0 Å². The number of amides is 1. The molecule has 0 atom stereocenters. The van der Waals surface area contributed by atoms with Crippen molar-refractivity contribution < 1.29 is 13.2 Å². The predicted octanol–water partition coefficient (Wildman–Crippen LogP) is 4.40. The van der Waals surface area contributed by atoms with E-state index >= 15 is 0 Å². The molecule has 1 heterocycles. The molecule has 0 saturated carbocycles. The third-order valence-electron chi connectivity index (χ3n) is 5.04. The third kappa shape index (κ3) is 5.88. The molecule has 3 rings (SSSR count). The van der Waals surface area contributed by atoms with Crippen molar-refractivity contribution in [2.24, 2.45) is 0 Å². The van der Waals surface area contributed by atoms with Crippen LogP contribution < -0.4 is 10.0 Å². The summed E-state index contributed by atoms with van der Waals surface area (Å²) < 4.78 is 28.1. The van der Waals surface area contributed by atoms with E-state index in [1.54, 1.807) is 24.3 Å². The largest absolute Gasteiger partial charge is 0.349 e. The van der Waals surface area contributed by atoms with E-state index in [0.29, 0.717) is 10.7 Å². The van der Waals surface area contributed by atoms with Crippen molar-refractivity contribution >= 4 is 44.8 Å². The fourth-order valence-electron chi connectivity index (χ4n) is 3.46. The lowest BCUT2D eigenvalue weighted by molar-refractivity contribution is 0.0911. The van der Waals surface area contributed by atoms with Gasteiger partial charge in [-0.05, 0) is 68.3 Å². The first-order chi connectivity index (χ1) is 14.3. The zero-order valence-corrected chi connectivity index (χ0v) is 19.0. The fraction of sp³-hybridized carbons (Fsp3) is 0.381. The minimum Gasteiger partial charge on any atom is -0.349 e. The number of benzene rings is 2. The molecular weight excluding hydrogens is 445 g/mol. The Kier molecular flexibility index (Phi) is 7.63. The van der Waals surface area contributed by atoms with Crippen molar-refractivity contribution in [3.05, 3.63) is 58.1 Å². The van der Waals surface area contributed by atoms with Crippen LogP contribution in [-0.2, 0) is 10.0 Å². The summed E-state index contributed by atoms with van der Waals surface area (Å²) in [5.41, 5.74) is 0.607. The van der Waals surface area contributed by atoms with E-state index in [1.165, 1.54) is 18.2 Å². The van der Waals surface area contributed by atoms with Gasteiger partial charge in [0.05, 0.1) is 5.02 Å². The van der Waals surface area contributed by atoms with E-state index in [-0.39, 0.29) is 27.4 Å². The van der Waals surface area contributed by atoms with Gasteiger partial charge >= 0.3 is 0 Å². The first-order valence-corrected chi connectivity index (χ1v) is 12.1. The number of carbonyl (C=O) groups is 1. The molecule has 0 aliphatic carbocycles. The second kappa shape index (κ2) is 10.0. The van der Waals surface area contributed by atoms with Crippen molar-refractivity contribution in [1.29, 1.82) is 0 Å². The molecule has 0 bridgehead atoms. The van der Waals surface area contributed by atoms with Crippen LogP contribution in [0.15, 0.2) is 47.4 Å². The van der Waals surface area contributed by atoms with Gasteiger partial charge < -0.3 is 10.2 Å². The van der Waals surface area contributed by atoms with Gasteiger partial charge in [-0.25, -0.2) is 8.42 Å². The van der Waals surface area contributed by atoms with Crippen LogP contribution in [0.1, 0.15) is 36.5 Å². The van der Waals surface area contributed by atoms with Crippen LogP contribution in [0.2, 0.25) is 10.0 Å². The van der Waals surface area contributed by atoms with E-state index in [4.69, 9.17) is 23.2 Å². The highest BCUT2D eigenvalue weighted by Crippen LogP contribution is 2.26. The molecule has 9 heteroatoms. The molecule has 2 aromatic carbocycles. The molecule has 1 saturated heterocycles. The number of piperidine rings is 1. The quantitative estimate of drug-likeness (QED) is 0.629. The first kappa shape index (κ1) is 22.9. The number of halogens is 2. The zero-order valence-electron chi connectivity index (χ0n) is 16.7. The maximum absolute atomic E-state index is 12.8. The van der Waals surface area contributed by atoms with Gasteiger partial charge in [-0.1, -0.05) is 30.1 Å². The van der Waals surface area contributed by atoms with E-state index < -0.39 is 10.0 Å². The molecule has 6 nitrogen and oxygen atoms in total. The Morgan fingerprint density at radius 1 is 1.10 bits per heavy atom. The smallest absolute Gasteiger partial charge is 0.263 e. The highest BCUT2D eigenvalue weighted by molar-refractivity contribution is 7.92. The second-order valence-corrected chi connectivity index (χ2v) is 9.84. The van der Waals surface area contributed by atoms with Gasteiger partial charge in [0, 0.05) is 35.4 Å². The molecule has 2 N–H and O–H groups in total. The molecule has 0 spiro atoms. The van der Waals surface area contributed by atoms with Crippen molar-refractivity contribution in [3.8, 4) is 0 Å². The Hall–Kier alpha value is -1.80. The zero-order chi connectivity index (χ0) is 21.7. The second-order valence-electron chi connectivity index (χ2n) is 7.35. The van der Waals surface area contributed by atoms with E-state index in [9.17, 15) is 13.2 Å². The summed E-state index contributed by atoms with van der Waals surface area (Å²) in [7, 11) is -3.97. The normalized spacial score (nSPS) is 15.7. The van der Waals surface area contributed by atoms with Gasteiger partial charge in [0.1, 0.15) is 4.90 Å². The molecule has 1 fully saturated rings. The lowest BCUT2D eigenvalue weighted by Crippen LogP contribution is -2.44. The summed E-state index contributed by atoms with van der Waals surface area (Å²) in [6.45, 7) is 5.12. The molecule has 2 aromatic rings. The third-order valence-corrected chi connectivity index (χ3v) is 7.16. The highest BCUT2D eigenvalue weighted by Gasteiger charge is 2.23. The van der Waals surface area contributed by atoms with E-state index in [1.807, 2.05) is 0 Å². The van der Waals surface area contributed by atoms with Crippen molar-refractivity contribution in [3.63, 3.8) is 0 Å². The molecule has 1 amide bonds. The molecule has 0 unspecified atom stereocenters. The highest BCUT2D eigenvalue weighted by atomic mass is 35.5. The number of nitrogens with zero attached hydrogens (tertiary/aromatic N) is 1. The Balaban J connectivity index is 1.71. The lowest BCUT2D eigenvalue weighted by Gasteiger charge is -2.32. The summed E-state index contributed by atoms with van der Waals surface area (Å²) in [6, 6.07) is 10.6. The van der Waals surface area contributed by atoms with Gasteiger partial charge in [-0.3, -0.25) is 9.52 Å². The molecular formula is C21H25Cl2N3O3S. The maximum Gasteiger partial charge on any atom is 0.263 e. The fourth-order valence-corrected chi connectivity index (χ4v) is 5.18. The SMILES string of the molecule is CCCN1CCC(NC(=O)c2ccc(Cl)c(S(=O)(=O)Nc3ccc(Cl)cc3)c2)CC1. The minimum atomic E-state index is -3.97. The predicted molar refractivity (Wildman–Crippen MR) is 121 cm³/mol. The van der Waals surface area contributed by atoms with Crippen LogP contribution >= 0.6 is 23.2 Å². The van der Waals surface area contributed by atoms with Crippen molar-refractivity contribution in [2.75, 3.05) is 24.4 Å². The number of hydrogen-bond donors (Lipinski definition) is 2. The maximum atomic E-state index is 12.8. The Morgan fingerprint density at radius 3 is 2.40 bits per heavy atom.